The van der Waals surface area contributed by atoms with Gasteiger partial charge in [-0.25, -0.2) is 8.42 Å². The van der Waals surface area contributed by atoms with Crippen LogP contribution < -0.4 is 0 Å². The van der Waals surface area contributed by atoms with Gasteiger partial charge < -0.3 is 5.11 Å². The van der Waals surface area contributed by atoms with Crippen molar-refractivity contribution in [1.82, 2.24) is 4.31 Å². The van der Waals surface area contributed by atoms with Crippen molar-refractivity contribution in [3.8, 4) is 0 Å². The molecule has 19 heavy (non-hydrogen) atoms. The number of thiophene rings is 1. The molecule has 108 valence electrons. The highest BCUT2D eigenvalue weighted by Crippen LogP contribution is 2.30. The summed E-state index contributed by atoms with van der Waals surface area (Å²) in [5.41, 5.74) is 0. The number of sulfonamides is 1. The Morgan fingerprint density at radius 3 is 2.95 bits per heavy atom. The monoisotopic (exact) mass is 303 g/mol. The SMILES string of the molecule is CCCC1CCN(S(=O)(=O)c2ccc(CCO)s2)C1. The molecule has 0 aromatic carbocycles. The van der Waals surface area contributed by atoms with E-state index in [1.807, 2.05) is 0 Å². The van der Waals surface area contributed by atoms with E-state index in [2.05, 4.69) is 6.92 Å². The van der Waals surface area contributed by atoms with Gasteiger partial charge in [-0.1, -0.05) is 13.3 Å². The summed E-state index contributed by atoms with van der Waals surface area (Å²) in [6.45, 7) is 3.49. The number of aliphatic hydroxyl groups is 1. The van der Waals surface area contributed by atoms with Crippen molar-refractivity contribution in [1.29, 1.82) is 0 Å². The lowest BCUT2D eigenvalue weighted by atomic mass is 10.0. The first kappa shape index (κ1) is 15.0. The van der Waals surface area contributed by atoms with Crippen molar-refractivity contribution in [3.63, 3.8) is 0 Å². The second-order valence-corrected chi connectivity index (χ2v) is 8.33. The van der Waals surface area contributed by atoms with Gasteiger partial charge >= 0.3 is 0 Å². The summed E-state index contributed by atoms with van der Waals surface area (Å²) in [7, 11) is -3.32. The summed E-state index contributed by atoms with van der Waals surface area (Å²) < 4.78 is 27.0. The third-order valence-electron chi connectivity index (χ3n) is 3.53. The standard InChI is InChI=1S/C13H21NO3S2/c1-2-3-11-6-8-14(10-11)19(16,17)13-5-4-12(18-13)7-9-15/h4-5,11,15H,2-3,6-10H2,1H3. The Labute approximate surface area is 119 Å². The molecule has 2 heterocycles. The Hall–Kier alpha value is -0.430. The van der Waals surface area contributed by atoms with Crippen LogP contribution in [0.3, 0.4) is 0 Å². The minimum atomic E-state index is -3.32. The van der Waals surface area contributed by atoms with Crippen LogP contribution in [0.25, 0.3) is 0 Å². The van der Waals surface area contributed by atoms with Gasteiger partial charge in [0.15, 0.2) is 0 Å². The van der Waals surface area contributed by atoms with E-state index in [1.165, 1.54) is 11.3 Å². The lowest BCUT2D eigenvalue weighted by molar-refractivity contribution is 0.300. The minimum Gasteiger partial charge on any atom is -0.396 e. The first-order valence-corrected chi connectivity index (χ1v) is 9.03. The first-order chi connectivity index (χ1) is 9.07. The predicted octanol–water partition coefficient (Wildman–Crippen LogP) is 2.09. The predicted molar refractivity (Wildman–Crippen MR) is 76.9 cm³/mol. The largest absolute Gasteiger partial charge is 0.396 e. The molecule has 1 N–H and O–H groups in total. The lowest BCUT2D eigenvalue weighted by Gasteiger charge is -2.15. The minimum absolute atomic E-state index is 0.0578. The molecule has 0 radical (unpaired) electrons. The van der Waals surface area contributed by atoms with Crippen molar-refractivity contribution < 1.29 is 13.5 Å². The Morgan fingerprint density at radius 2 is 2.26 bits per heavy atom. The normalized spacial score (nSPS) is 21.1. The van der Waals surface area contributed by atoms with Gasteiger partial charge in [-0.15, -0.1) is 11.3 Å². The molecule has 4 nitrogen and oxygen atoms in total. The zero-order valence-corrected chi connectivity index (χ0v) is 12.8. The van der Waals surface area contributed by atoms with E-state index >= 15 is 0 Å². The molecule has 1 aliphatic heterocycles. The third kappa shape index (κ3) is 3.37. The maximum Gasteiger partial charge on any atom is 0.252 e. The van der Waals surface area contributed by atoms with Gasteiger partial charge in [-0.3, -0.25) is 0 Å². The highest BCUT2D eigenvalue weighted by atomic mass is 32.2. The third-order valence-corrected chi connectivity index (χ3v) is 7.01. The van der Waals surface area contributed by atoms with E-state index in [9.17, 15) is 8.42 Å². The summed E-state index contributed by atoms with van der Waals surface area (Å²) in [5, 5.41) is 8.88. The van der Waals surface area contributed by atoms with E-state index in [1.54, 1.807) is 16.4 Å². The number of hydrogen-bond acceptors (Lipinski definition) is 4. The lowest BCUT2D eigenvalue weighted by Crippen LogP contribution is -2.28. The molecule has 0 spiro atoms. The summed E-state index contributed by atoms with van der Waals surface area (Å²) in [5.74, 6) is 0.511. The molecule has 0 aliphatic carbocycles. The average molecular weight is 303 g/mol. The molecule has 0 bridgehead atoms. The zero-order chi connectivity index (χ0) is 13.9. The Bertz CT molecular complexity index is 510. The Kier molecular flexibility index (Phi) is 5.00. The van der Waals surface area contributed by atoms with E-state index in [4.69, 9.17) is 5.11 Å². The molecule has 1 aliphatic rings. The van der Waals surface area contributed by atoms with E-state index in [0.717, 1.165) is 24.1 Å². The van der Waals surface area contributed by atoms with Crippen molar-refractivity contribution in [2.75, 3.05) is 19.7 Å². The molecule has 1 fully saturated rings. The van der Waals surface area contributed by atoms with Crippen LogP contribution in [0.5, 0.6) is 0 Å². The smallest absolute Gasteiger partial charge is 0.252 e. The number of rotatable bonds is 6. The molecule has 1 aromatic rings. The summed E-state index contributed by atoms with van der Waals surface area (Å²) in [6, 6.07) is 3.46. The molecule has 1 unspecified atom stereocenters. The molecular weight excluding hydrogens is 282 g/mol. The maximum atomic E-state index is 12.5. The second-order valence-electron chi connectivity index (χ2n) is 5.00. The van der Waals surface area contributed by atoms with Crippen molar-refractivity contribution >= 4 is 21.4 Å². The first-order valence-electron chi connectivity index (χ1n) is 6.77. The number of aliphatic hydroxyl groups excluding tert-OH is 1. The molecule has 1 atom stereocenters. The molecule has 1 aromatic heterocycles. The Morgan fingerprint density at radius 1 is 1.47 bits per heavy atom. The molecule has 1 saturated heterocycles. The van der Waals surface area contributed by atoms with Crippen LogP contribution in [0.15, 0.2) is 16.3 Å². The molecular formula is C13H21NO3S2. The molecule has 2 rings (SSSR count). The van der Waals surface area contributed by atoms with Crippen LogP contribution in [0.2, 0.25) is 0 Å². The van der Waals surface area contributed by atoms with Crippen LogP contribution in [0.4, 0.5) is 0 Å². The number of hydrogen-bond donors (Lipinski definition) is 1. The van der Waals surface area contributed by atoms with Crippen LogP contribution >= 0.6 is 11.3 Å². The summed E-state index contributed by atoms with van der Waals surface area (Å²) in [4.78, 5) is 0.922. The quantitative estimate of drug-likeness (QED) is 0.875. The van der Waals surface area contributed by atoms with Crippen LogP contribution in [-0.2, 0) is 16.4 Å². The van der Waals surface area contributed by atoms with Crippen LogP contribution in [-0.4, -0.2) is 37.5 Å². The van der Waals surface area contributed by atoms with Gasteiger partial charge in [0.1, 0.15) is 4.21 Å². The topological polar surface area (TPSA) is 57.6 Å². The highest BCUT2D eigenvalue weighted by molar-refractivity contribution is 7.91. The van der Waals surface area contributed by atoms with Gasteiger partial charge in [0, 0.05) is 31.0 Å². The van der Waals surface area contributed by atoms with Crippen LogP contribution in [0, 0.1) is 5.92 Å². The van der Waals surface area contributed by atoms with Gasteiger partial charge in [-0.05, 0) is 30.9 Å². The van der Waals surface area contributed by atoms with Crippen molar-refractivity contribution in [3.05, 3.63) is 17.0 Å². The van der Waals surface area contributed by atoms with Crippen molar-refractivity contribution in [2.45, 2.75) is 36.8 Å². The highest BCUT2D eigenvalue weighted by Gasteiger charge is 2.32. The van der Waals surface area contributed by atoms with E-state index in [0.29, 0.717) is 29.6 Å². The van der Waals surface area contributed by atoms with E-state index < -0.39 is 10.0 Å². The molecule has 0 amide bonds. The average Bonchev–Trinajstić information content (AvgIpc) is 2.99. The Balaban J connectivity index is 2.09. The van der Waals surface area contributed by atoms with Gasteiger partial charge in [0.2, 0.25) is 0 Å². The van der Waals surface area contributed by atoms with Crippen molar-refractivity contribution in [2.24, 2.45) is 5.92 Å². The fraction of sp³-hybridized carbons (Fsp3) is 0.692. The second kappa shape index (κ2) is 6.35. The summed E-state index contributed by atoms with van der Waals surface area (Å²) >= 11 is 1.28. The molecule has 0 saturated carbocycles. The van der Waals surface area contributed by atoms with E-state index in [-0.39, 0.29) is 6.61 Å². The van der Waals surface area contributed by atoms with Crippen LogP contribution in [0.1, 0.15) is 31.1 Å². The zero-order valence-electron chi connectivity index (χ0n) is 11.2. The van der Waals surface area contributed by atoms with Gasteiger partial charge in [-0.2, -0.15) is 4.31 Å². The number of nitrogens with zero attached hydrogens (tertiary/aromatic N) is 1. The fourth-order valence-corrected chi connectivity index (χ4v) is 5.56. The van der Waals surface area contributed by atoms with Gasteiger partial charge in [0.25, 0.3) is 10.0 Å². The summed E-state index contributed by atoms with van der Waals surface area (Å²) in [6.07, 6.45) is 3.71. The fourth-order valence-electron chi connectivity index (χ4n) is 2.53. The maximum absolute atomic E-state index is 12.5. The van der Waals surface area contributed by atoms with Gasteiger partial charge in [0.05, 0.1) is 0 Å². The molecule has 6 heteroatoms.